The first-order valence-electron chi connectivity index (χ1n) is 14.0. The lowest BCUT2D eigenvalue weighted by Gasteiger charge is -2.63. The average Bonchev–Trinajstić information content (AvgIpc) is 3.37. The molecule has 5 fully saturated rings. The molecule has 5 aliphatic carbocycles. The minimum absolute atomic E-state index is 0.0609. The molecule has 2 spiro atoms. The van der Waals surface area contributed by atoms with Crippen molar-refractivity contribution in [3.63, 3.8) is 0 Å². The smallest absolute Gasteiger partial charge is 0.0639 e. The SMILES string of the molecule is C/C(=C/C[C@H](O)[C@@H](C)[C@H]1CC[C@@]2(C)[C@@H]3CCC4C(C)(C)[C@@H](O)CC[C@@]45C[C@@]35CC[C@]12C)CO. The molecule has 1 unspecified atom stereocenters. The van der Waals surface area contributed by atoms with E-state index in [-0.39, 0.29) is 24.2 Å². The van der Waals surface area contributed by atoms with Crippen LogP contribution in [0, 0.1) is 50.7 Å². The minimum atomic E-state index is -0.324. The molecule has 33 heavy (non-hydrogen) atoms. The molecule has 0 bridgehead atoms. The molecule has 0 aromatic rings. The predicted octanol–water partition coefficient (Wildman–Crippen LogP) is 6.11. The van der Waals surface area contributed by atoms with Crippen LogP contribution in [0.5, 0.6) is 0 Å². The van der Waals surface area contributed by atoms with Gasteiger partial charge in [-0.25, -0.2) is 0 Å². The third-order valence-corrected chi connectivity index (χ3v) is 13.4. The van der Waals surface area contributed by atoms with Gasteiger partial charge in [-0.3, -0.25) is 0 Å². The highest BCUT2D eigenvalue weighted by Gasteiger charge is 2.82. The van der Waals surface area contributed by atoms with Crippen LogP contribution in [0.1, 0.15) is 106 Å². The van der Waals surface area contributed by atoms with Gasteiger partial charge in [0.15, 0.2) is 0 Å². The number of aliphatic hydroxyl groups excluding tert-OH is 3. The Labute approximate surface area is 202 Å². The lowest BCUT2D eigenvalue weighted by molar-refractivity contribution is -0.163. The van der Waals surface area contributed by atoms with Gasteiger partial charge < -0.3 is 15.3 Å². The monoisotopic (exact) mass is 458 g/mol. The second-order valence-electron chi connectivity index (χ2n) is 14.4. The van der Waals surface area contributed by atoms with E-state index in [1.807, 2.05) is 13.0 Å². The van der Waals surface area contributed by atoms with E-state index in [9.17, 15) is 15.3 Å². The van der Waals surface area contributed by atoms with Gasteiger partial charge in [0.25, 0.3) is 0 Å². The number of rotatable bonds is 5. The van der Waals surface area contributed by atoms with Crippen LogP contribution >= 0.6 is 0 Å². The zero-order valence-electron chi connectivity index (χ0n) is 22.2. The molecule has 5 saturated carbocycles. The van der Waals surface area contributed by atoms with Crippen LogP contribution in [0.4, 0.5) is 0 Å². The lowest BCUT2D eigenvalue weighted by Crippen LogP contribution is -2.57. The van der Waals surface area contributed by atoms with Crippen molar-refractivity contribution in [3.05, 3.63) is 11.6 Å². The molecular weight excluding hydrogens is 408 g/mol. The summed E-state index contributed by atoms with van der Waals surface area (Å²) >= 11 is 0. The van der Waals surface area contributed by atoms with Crippen LogP contribution in [0.25, 0.3) is 0 Å². The summed E-state index contributed by atoms with van der Waals surface area (Å²) in [5.41, 5.74) is 2.72. The van der Waals surface area contributed by atoms with Crippen molar-refractivity contribution < 1.29 is 15.3 Å². The Hall–Kier alpha value is -0.380. The molecule has 5 rings (SSSR count). The molecule has 3 heteroatoms. The molecule has 5 aliphatic rings. The molecule has 0 radical (unpaired) electrons. The summed E-state index contributed by atoms with van der Waals surface area (Å²) in [6.45, 7) is 14.3. The molecule has 0 aromatic heterocycles. The zero-order chi connectivity index (χ0) is 24.0. The maximum Gasteiger partial charge on any atom is 0.0639 e. The van der Waals surface area contributed by atoms with E-state index >= 15 is 0 Å². The molecule has 3 nitrogen and oxygen atoms in total. The van der Waals surface area contributed by atoms with Gasteiger partial charge in [0, 0.05) is 0 Å². The van der Waals surface area contributed by atoms with Gasteiger partial charge in [0.2, 0.25) is 0 Å². The first kappa shape index (κ1) is 24.3. The van der Waals surface area contributed by atoms with Gasteiger partial charge in [-0.2, -0.15) is 0 Å². The molecule has 0 aromatic carbocycles. The van der Waals surface area contributed by atoms with Crippen LogP contribution in [0.3, 0.4) is 0 Å². The Bertz CT molecular complexity index is 817. The summed E-state index contributed by atoms with van der Waals surface area (Å²) in [6.07, 6.45) is 13.8. The average molecular weight is 459 g/mol. The van der Waals surface area contributed by atoms with Crippen molar-refractivity contribution in [3.8, 4) is 0 Å². The van der Waals surface area contributed by atoms with Crippen LogP contribution < -0.4 is 0 Å². The van der Waals surface area contributed by atoms with Gasteiger partial charge >= 0.3 is 0 Å². The van der Waals surface area contributed by atoms with E-state index in [0.717, 1.165) is 17.9 Å². The van der Waals surface area contributed by atoms with Crippen molar-refractivity contribution in [1.29, 1.82) is 0 Å². The molecule has 0 aliphatic heterocycles. The summed E-state index contributed by atoms with van der Waals surface area (Å²) in [4.78, 5) is 0. The number of aliphatic hydroxyl groups is 3. The Morgan fingerprint density at radius 1 is 0.909 bits per heavy atom. The fourth-order valence-corrected chi connectivity index (χ4v) is 11.1. The first-order chi connectivity index (χ1) is 15.4. The van der Waals surface area contributed by atoms with Crippen molar-refractivity contribution in [2.75, 3.05) is 6.61 Å². The highest BCUT2D eigenvalue weighted by Crippen LogP contribution is 2.89. The maximum absolute atomic E-state index is 11.1. The van der Waals surface area contributed by atoms with Crippen LogP contribution in [0.15, 0.2) is 11.6 Å². The largest absolute Gasteiger partial charge is 0.393 e. The molecule has 0 amide bonds. The summed E-state index contributed by atoms with van der Waals surface area (Å²) in [6, 6.07) is 0. The molecule has 3 N–H and O–H groups in total. The Kier molecular flexibility index (Phi) is 5.57. The van der Waals surface area contributed by atoms with Crippen molar-refractivity contribution >= 4 is 0 Å². The summed E-state index contributed by atoms with van der Waals surface area (Å²) in [5.74, 6) is 2.38. The topological polar surface area (TPSA) is 60.7 Å². The second-order valence-corrected chi connectivity index (χ2v) is 14.4. The molecular formula is C30H50O3. The van der Waals surface area contributed by atoms with Gasteiger partial charge in [-0.15, -0.1) is 0 Å². The summed E-state index contributed by atoms with van der Waals surface area (Å²) < 4.78 is 0. The minimum Gasteiger partial charge on any atom is -0.393 e. The Morgan fingerprint density at radius 3 is 2.27 bits per heavy atom. The van der Waals surface area contributed by atoms with Gasteiger partial charge in [0.05, 0.1) is 18.8 Å². The summed E-state index contributed by atoms with van der Waals surface area (Å²) in [5, 5.41) is 31.3. The Balaban J connectivity index is 1.40. The summed E-state index contributed by atoms with van der Waals surface area (Å²) in [7, 11) is 0. The number of fused-ring (bicyclic) bond motifs is 2. The van der Waals surface area contributed by atoms with E-state index in [1.54, 1.807) is 0 Å². The van der Waals surface area contributed by atoms with E-state index in [2.05, 4.69) is 34.6 Å². The molecule has 0 heterocycles. The fraction of sp³-hybridized carbons (Fsp3) is 0.933. The third kappa shape index (κ3) is 2.97. The third-order valence-electron chi connectivity index (χ3n) is 13.4. The first-order valence-corrected chi connectivity index (χ1v) is 14.0. The standard InChI is InChI=1S/C30H50O3/c1-19(17-31)7-8-22(32)20(2)21-11-13-28(6)24-10-9-23-26(3,4)25(33)12-14-29(23)18-30(24,29)16-15-27(21,28)5/h7,20-25,31-33H,8-18H2,1-6H3/b19-7-/t20-,21+,22-,23?,24-,25-,27+,28-,29+,30-/m0/s1. The quantitative estimate of drug-likeness (QED) is 0.435. The Morgan fingerprint density at radius 2 is 1.58 bits per heavy atom. The van der Waals surface area contributed by atoms with E-state index in [4.69, 9.17) is 0 Å². The maximum atomic E-state index is 11.1. The van der Waals surface area contributed by atoms with Crippen LogP contribution in [-0.4, -0.2) is 34.1 Å². The van der Waals surface area contributed by atoms with Crippen molar-refractivity contribution in [1.82, 2.24) is 0 Å². The van der Waals surface area contributed by atoms with Crippen LogP contribution in [0.2, 0.25) is 0 Å². The van der Waals surface area contributed by atoms with E-state index < -0.39 is 0 Å². The van der Waals surface area contributed by atoms with Crippen molar-refractivity contribution in [2.24, 2.45) is 50.7 Å². The van der Waals surface area contributed by atoms with Gasteiger partial charge in [-0.1, -0.05) is 46.3 Å². The molecule has 10 atom stereocenters. The normalized spacial score (nSPS) is 52.2. The van der Waals surface area contributed by atoms with E-state index in [0.29, 0.717) is 45.8 Å². The number of hydrogen-bond acceptors (Lipinski definition) is 3. The number of hydrogen-bond donors (Lipinski definition) is 3. The lowest BCUT2D eigenvalue weighted by atomic mass is 9.41. The van der Waals surface area contributed by atoms with Crippen LogP contribution in [-0.2, 0) is 0 Å². The highest BCUT2D eigenvalue weighted by atomic mass is 16.3. The predicted molar refractivity (Wildman–Crippen MR) is 134 cm³/mol. The zero-order valence-corrected chi connectivity index (χ0v) is 22.2. The highest BCUT2D eigenvalue weighted by molar-refractivity contribution is 5.30. The van der Waals surface area contributed by atoms with Crippen molar-refractivity contribution in [2.45, 2.75) is 118 Å². The molecule has 188 valence electrons. The van der Waals surface area contributed by atoms with Gasteiger partial charge in [0.1, 0.15) is 0 Å². The second kappa shape index (κ2) is 7.56. The van der Waals surface area contributed by atoms with E-state index in [1.165, 1.54) is 51.4 Å². The molecule has 0 saturated heterocycles. The fourth-order valence-electron chi connectivity index (χ4n) is 11.1. The van der Waals surface area contributed by atoms with Gasteiger partial charge in [-0.05, 0) is 122 Å².